The fourth-order valence-corrected chi connectivity index (χ4v) is 5.00. The van der Waals surface area contributed by atoms with Gasteiger partial charge in [-0.15, -0.1) is 11.8 Å². The second-order valence-corrected chi connectivity index (χ2v) is 8.66. The molecule has 2 fully saturated rings. The smallest absolute Gasteiger partial charge is 0.333 e. The maximum absolute atomic E-state index is 12.4. The van der Waals surface area contributed by atoms with Crippen LogP contribution in [0.2, 0.25) is 0 Å². The molecule has 0 bridgehead atoms. The molecule has 0 saturated carbocycles. The van der Waals surface area contributed by atoms with E-state index >= 15 is 0 Å². The van der Waals surface area contributed by atoms with Crippen molar-refractivity contribution in [2.45, 2.75) is 67.8 Å². The monoisotopic (exact) mass is 393 g/mol. The number of carbonyl (C=O) groups excluding carboxylic acids is 3. The number of halogens is 1. The summed E-state index contributed by atoms with van der Waals surface area (Å²) in [6.07, 6.45) is -0.00458. The molecule has 8 heteroatoms. The van der Waals surface area contributed by atoms with Gasteiger partial charge in [0.1, 0.15) is 16.2 Å². The Morgan fingerprint density at radius 1 is 1.41 bits per heavy atom. The molecule has 1 amide bonds. The third-order valence-corrected chi connectivity index (χ3v) is 6.45. The van der Waals surface area contributed by atoms with E-state index in [2.05, 4.69) is 15.9 Å². The van der Waals surface area contributed by atoms with Gasteiger partial charge in [-0.1, -0.05) is 22.9 Å². The number of esters is 2. The highest BCUT2D eigenvalue weighted by molar-refractivity contribution is 9.10. The van der Waals surface area contributed by atoms with Crippen LogP contribution in [0.3, 0.4) is 0 Å². The molecule has 0 radical (unpaired) electrons. The van der Waals surface area contributed by atoms with Crippen LogP contribution >= 0.6 is 27.7 Å². The first kappa shape index (κ1) is 17.6. The molecule has 0 aromatic heterocycles. The number of ether oxygens (including phenoxy) is 2. The number of nitrogens with zero attached hydrogens (tertiary/aromatic N) is 1. The van der Waals surface area contributed by atoms with Gasteiger partial charge < -0.3 is 14.4 Å². The predicted molar refractivity (Wildman–Crippen MR) is 85.4 cm³/mol. The van der Waals surface area contributed by atoms with Crippen LogP contribution in [-0.2, 0) is 23.9 Å². The second kappa shape index (κ2) is 6.39. The average molecular weight is 394 g/mol. The topological polar surface area (TPSA) is 72.9 Å². The van der Waals surface area contributed by atoms with Crippen LogP contribution in [0.4, 0.5) is 0 Å². The third kappa shape index (κ3) is 3.13. The van der Waals surface area contributed by atoms with Crippen molar-refractivity contribution in [1.82, 2.24) is 4.90 Å². The lowest BCUT2D eigenvalue weighted by Crippen LogP contribution is -2.63. The zero-order valence-corrected chi connectivity index (χ0v) is 15.4. The Morgan fingerprint density at radius 2 is 2.05 bits per heavy atom. The molecular formula is C14H20BrNO5S. The highest BCUT2D eigenvalue weighted by Crippen LogP contribution is 2.53. The summed E-state index contributed by atoms with van der Waals surface area (Å²) >= 11 is 4.89. The van der Waals surface area contributed by atoms with Gasteiger partial charge in [-0.2, -0.15) is 0 Å². The largest absolute Gasteiger partial charge is 0.425 e. The Bertz CT molecular complexity index is 498. The van der Waals surface area contributed by atoms with E-state index in [0.717, 1.165) is 0 Å². The van der Waals surface area contributed by atoms with Crippen LogP contribution in [0.1, 0.15) is 40.5 Å². The number of carbonyl (C=O) groups is 3. The molecule has 0 spiro atoms. The van der Waals surface area contributed by atoms with Gasteiger partial charge in [0.25, 0.3) is 0 Å². The lowest BCUT2D eigenvalue weighted by atomic mass is 9.98. The molecule has 2 aliphatic rings. The summed E-state index contributed by atoms with van der Waals surface area (Å²) in [4.78, 5) is 37.1. The molecule has 0 aromatic rings. The van der Waals surface area contributed by atoms with Crippen molar-refractivity contribution in [3.63, 3.8) is 0 Å². The Balaban J connectivity index is 1.99. The van der Waals surface area contributed by atoms with E-state index < -0.39 is 29.0 Å². The Labute approximate surface area is 142 Å². The minimum atomic E-state index is -0.956. The average Bonchev–Trinajstić information content (AvgIpc) is 2.67. The Morgan fingerprint density at radius 3 is 2.64 bits per heavy atom. The highest BCUT2D eigenvalue weighted by atomic mass is 79.9. The maximum Gasteiger partial charge on any atom is 0.333 e. The molecule has 0 aliphatic carbocycles. The predicted octanol–water partition coefficient (Wildman–Crippen LogP) is 2.04. The van der Waals surface area contributed by atoms with E-state index in [9.17, 15) is 14.4 Å². The molecule has 2 aliphatic heterocycles. The number of fused-ring (bicyclic) bond motifs is 1. The van der Waals surface area contributed by atoms with Crippen molar-refractivity contribution >= 4 is 45.5 Å². The van der Waals surface area contributed by atoms with Crippen LogP contribution in [0.25, 0.3) is 0 Å². The van der Waals surface area contributed by atoms with Gasteiger partial charge in [-0.3, -0.25) is 9.59 Å². The van der Waals surface area contributed by atoms with Crippen LogP contribution in [0.15, 0.2) is 0 Å². The highest BCUT2D eigenvalue weighted by Gasteiger charge is 2.63. The van der Waals surface area contributed by atoms with E-state index in [4.69, 9.17) is 9.47 Å². The minimum Gasteiger partial charge on any atom is -0.425 e. The lowest BCUT2D eigenvalue weighted by Gasteiger charge is -2.41. The molecule has 6 nitrogen and oxygen atoms in total. The molecular weight excluding hydrogens is 374 g/mol. The second-order valence-electron chi connectivity index (χ2n) is 5.91. The zero-order valence-electron chi connectivity index (χ0n) is 13.0. The molecule has 4 atom stereocenters. The number of thioether (sulfide) groups is 1. The number of hydrogen-bond donors (Lipinski definition) is 0. The first-order valence-corrected chi connectivity index (χ1v) is 9.02. The fraction of sp³-hybridized carbons (Fsp3) is 0.786. The van der Waals surface area contributed by atoms with Crippen molar-refractivity contribution in [3.8, 4) is 0 Å². The summed E-state index contributed by atoms with van der Waals surface area (Å²) in [7, 11) is 0. The van der Waals surface area contributed by atoms with Crippen molar-refractivity contribution in [3.05, 3.63) is 0 Å². The molecule has 124 valence electrons. The van der Waals surface area contributed by atoms with Gasteiger partial charge in [0.15, 0.2) is 0 Å². The lowest BCUT2D eigenvalue weighted by molar-refractivity contribution is -0.190. The van der Waals surface area contributed by atoms with Crippen LogP contribution in [-0.4, -0.2) is 50.0 Å². The van der Waals surface area contributed by atoms with Gasteiger partial charge in [0.05, 0.1) is 0 Å². The number of rotatable bonds is 5. The summed E-state index contributed by atoms with van der Waals surface area (Å²) in [6.45, 7) is 7.18. The summed E-state index contributed by atoms with van der Waals surface area (Å²) in [5.74, 6) is -1.05. The molecule has 1 unspecified atom stereocenters. The van der Waals surface area contributed by atoms with Gasteiger partial charge in [0, 0.05) is 18.1 Å². The van der Waals surface area contributed by atoms with Crippen molar-refractivity contribution < 1.29 is 23.9 Å². The van der Waals surface area contributed by atoms with E-state index in [1.54, 1.807) is 16.7 Å². The molecule has 2 saturated heterocycles. The van der Waals surface area contributed by atoms with E-state index in [0.29, 0.717) is 6.42 Å². The van der Waals surface area contributed by atoms with Crippen molar-refractivity contribution in [2.75, 3.05) is 0 Å². The van der Waals surface area contributed by atoms with Crippen molar-refractivity contribution in [2.24, 2.45) is 0 Å². The first-order chi connectivity index (χ1) is 10.2. The normalized spacial score (nSPS) is 30.3. The standard InChI is InChI=1S/C14H20BrNO5S/c1-5-6-8(17)20-7(2)21-13(19)10-14(3,4)22-12-9(15)11(18)16(10)12/h7,9-10,12H,5-6H2,1-4H3/t7?,9-,10+,12-/m1/s1. The quantitative estimate of drug-likeness (QED) is 0.308. The molecule has 0 N–H and O–H groups in total. The number of hydrogen-bond acceptors (Lipinski definition) is 6. The summed E-state index contributed by atoms with van der Waals surface area (Å²) < 4.78 is 9.78. The molecule has 2 heterocycles. The van der Waals surface area contributed by atoms with E-state index in [1.165, 1.54) is 6.92 Å². The van der Waals surface area contributed by atoms with Gasteiger partial charge in [0.2, 0.25) is 12.2 Å². The van der Waals surface area contributed by atoms with Crippen molar-refractivity contribution in [1.29, 1.82) is 0 Å². The van der Waals surface area contributed by atoms with Crippen LogP contribution < -0.4 is 0 Å². The summed E-state index contributed by atoms with van der Waals surface area (Å²) in [6, 6.07) is -0.670. The van der Waals surface area contributed by atoms with E-state index in [1.807, 2.05) is 20.8 Å². The van der Waals surface area contributed by atoms with E-state index in [-0.39, 0.29) is 22.5 Å². The summed E-state index contributed by atoms with van der Waals surface area (Å²) in [5.41, 5.74) is 0. The van der Waals surface area contributed by atoms with Gasteiger partial charge in [-0.25, -0.2) is 4.79 Å². The SMILES string of the molecule is CCCC(=O)OC(C)OC(=O)[C@@H]1N2C(=O)[C@@H](Br)[C@H]2SC1(C)C. The minimum absolute atomic E-state index is 0.0574. The third-order valence-electron chi connectivity index (χ3n) is 3.63. The van der Waals surface area contributed by atoms with Gasteiger partial charge in [-0.05, 0) is 20.3 Å². The number of amides is 1. The van der Waals surface area contributed by atoms with Crippen LogP contribution in [0.5, 0.6) is 0 Å². The summed E-state index contributed by atoms with van der Waals surface area (Å²) in [5, 5.41) is -0.0574. The molecule has 22 heavy (non-hydrogen) atoms. The van der Waals surface area contributed by atoms with Crippen LogP contribution in [0, 0.1) is 0 Å². The fourth-order valence-electron chi connectivity index (χ4n) is 2.65. The first-order valence-electron chi connectivity index (χ1n) is 7.23. The zero-order chi connectivity index (χ0) is 16.7. The Kier molecular flexibility index (Phi) is 5.11. The molecule has 2 rings (SSSR count). The Hall–Kier alpha value is -0.760. The van der Waals surface area contributed by atoms with Gasteiger partial charge >= 0.3 is 11.9 Å². The number of alkyl halides is 1. The molecule has 0 aromatic carbocycles. The number of β-lactam (4-membered cyclic amide) rings is 1. The maximum atomic E-state index is 12.4.